The molecule has 0 radical (unpaired) electrons. The molecule has 0 amide bonds. The van der Waals surface area contributed by atoms with E-state index in [2.05, 4.69) is 24.9 Å². The molecule has 0 aliphatic rings. The normalized spacial score (nSPS) is 11.4. The first-order valence-electron chi connectivity index (χ1n) is 10.3. The van der Waals surface area contributed by atoms with Crippen molar-refractivity contribution < 1.29 is 18.3 Å². The van der Waals surface area contributed by atoms with E-state index in [1.54, 1.807) is 28.9 Å². The lowest BCUT2D eigenvalue weighted by Gasteiger charge is -2.12. The molecule has 172 valence electrons. The molecule has 0 saturated carbocycles. The Bertz CT molecular complexity index is 1560. The minimum atomic E-state index is -3.00. The highest BCUT2D eigenvalue weighted by Gasteiger charge is 2.18. The van der Waals surface area contributed by atoms with E-state index in [4.69, 9.17) is 4.74 Å². The SMILES string of the molecule is CCOc1ccc2nn(-c3ccc4nn(C)cc4c3)c(=O)c(-c3ccc(OC(F)F)nc3)c2n1. The number of hydrogen-bond acceptors (Lipinski definition) is 7. The topological polar surface area (TPSA) is 97.0 Å². The van der Waals surface area contributed by atoms with Crippen LogP contribution >= 0.6 is 0 Å². The number of halogens is 2. The summed E-state index contributed by atoms with van der Waals surface area (Å²) < 4.78 is 37.8. The highest BCUT2D eigenvalue weighted by atomic mass is 19.3. The number of hydrogen-bond donors (Lipinski definition) is 0. The first-order chi connectivity index (χ1) is 16.4. The minimum absolute atomic E-state index is 0.203. The zero-order valence-corrected chi connectivity index (χ0v) is 18.1. The van der Waals surface area contributed by atoms with Gasteiger partial charge in [-0.3, -0.25) is 9.48 Å². The van der Waals surface area contributed by atoms with Crippen LogP contribution < -0.4 is 15.0 Å². The first-order valence-corrected chi connectivity index (χ1v) is 10.3. The predicted octanol–water partition coefficient (Wildman–Crippen LogP) is 3.73. The maximum atomic E-state index is 13.7. The molecular formula is C23H18F2N6O3. The fourth-order valence-electron chi connectivity index (χ4n) is 3.68. The van der Waals surface area contributed by atoms with Crippen molar-refractivity contribution in [2.75, 3.05) is 6.61 Å². The van der Waals surface area contributed by atoms with Crippen LogP contribution in [0, 0.1) is 0 Å². The van der Waals surface area contributed by atoms with Crippen LogP contribution in [0.4, 0.5) is 8.78 Å². The number of nitrogens with zero attached hydrogens (tertiary/aromatic N) is 6. The van der Waals surface area contributed by atoms with Crippen LogP contribution in [0.1, 0.15) is 6.92 Å². The number of aromatic nitrogens is 6. The monoisotopic (exact) mass is 464 g/mol. The van der Waals surface area contributed by atoms with Crippen LogP contribution in [0.25, 0.3) is 38.8 Å². The van der Waals surface area contributed by atoms with Gasteiger partial charge in [0.15, 0.2) is 0 Å². The molecule has 5 aromatic rings. The number of alkyl halides is 2. The fraction of sp³-hybridized carbons (Fsp3) is 0.174. The Labute approximate surface area is 191 Å². The number of rotatable bonds is 6. The van der Waals surface area contributed by atoms with Crippen molar-refractivity contribution in [1.82, 2.24) is 29.5 Å². The number of aryl methyl sites for hydroxylation is 1. The summed E-state index contributed by atoms with van der Waals surface area (Å²) in [6, 6.07) is 11.5. The summed E-state index contributed by atoms with van der Waals surface area (Å²) in [5.74, 6) is 0.0695. The minimum Gasteiger partial charge on any atom is -0.478 e. The van der Waals surface area contributed by atoms with E-state index in [-0.39, 0.29) is 11.4 Å². The molecule has 0 atom stereocenters. The van der Waals surface area contributed by atoms with Gasteiger partial charge in [-0.05, 0) is 37.3 Å². The molecule has 4 aromatic heterocycles. The lowest BCUT2D eigenvalue weighted by Crippen LogP contribution is -2.23. The molecule has 34 heavy (non-hydrogen) atoms. The lowest BCUT2D eigenvalue weighted by molar-refractivity contribution is -0.0528. The van der Waals surface area contributed by atoms with Gasteiger partial charge in [0.05, 0.1) is 23.4 Å². The van der Waals surface area contributed by atoms with Crippen LogP contribution in [0.3, 0.4) is 0 Å². The second-order valence-electron chi connectivity index (χ2n) is 7.35. The van der Waals surface area contributed by atoms with E-state index < -0.39 is 12.2 Å². The van der Waals surface area contributed by atoms with Gasteiger partial charge >= 0.3 is 6.61 Å². The molecule has 0 aliphatic heterocycles. The van der Waals surface area contributed by atoms with E-state index in [9.17, 15) is 13.6 Å². The summed E-state index contributed by atoms with van der Waals surface area (Å²) in [5, 5.41) is 9.71. The second kappa shape index (κ2) is 8.50. The molecule has 11 heteroatoms. The fourth-order valence-corrected chi connectivity index (χ4v) is 3.68. The van der Waals surface area contributed by atoms with Crippen molar-refractivity contribution in [3.63, 3.8) is 0 Å². The lowest BCUT2D eigenvalue weighted by atomic mass is 10.1. The van der Waals surface area contributed by atoms with E-state index in [0.29, 0.717) is 34.8 Å². The molecule has 0 unspecified atom stereocenters. The van der Waals surface area contributed by atoms with Crippen molar-refractivity contribution in [3.8, 4) is 28.6 Å². The van der Waals surface area contributed by atoms with Crippen LogP contribution in [-0.2, 0) is 7.05 Å². The maximum absolute atomic E-state index is 13.7. The van der Waals surface area contributed by atoms with Gasteiger partial charge in [0.25, 0.3) is 5.56 Å². The van der Waals surface area contributed by atoms with E-state index >= 15 is 0 Å². The summed E-state index contributed by atoms with van der Waals surface area (Å²) in [5.41, 5.74) is 2.18. The highest BCUT2D eigenvalue weighted by Crippen LogP contribution is 2.27. The Morgan fingerprint density at radius 1 is 1.03 bits per heavy atom. The Morgan fingerprint density at radius 3 is 2.56 bits per heavy atom. The zero-order chi connectivity index (χ0) is 23.8. The van der Waals surface area contributed by atoms with Crippen molar-refractivity contribution in [2.45, 2.75) is 13.5 Å². The smallest absolute Gasteiger partial charge is 0.388 e. The predicted molar refractivity (Wildman–Crippen MR) is 120 cm³/mol. The van der Waals surface area contributed by atoms with E-state index in [1.165, 1.54) is 23.0 Å². The summed E-state index contributed by atoms with van der Waals surface area (Å²) in [6.07, 6.45) is 3.13. The Morgan fingerprint density at radius 2 is 1.82 bits per heavy atom. The number of pyridine rings is 2. The van der Waals surface area contributed by atoms with Crippen LogP contribution in [0.15, 0.2) is 59.7 Å². The summed E-state index contributed by atoms with van der Waals surface area (Å²) in [6.45, 7) is -0.788. The van der Waals surface area contributed by atoms with E-state index in [1.807, 2.05) is 26.2 Å². The summed E-state index contributed by atoms with van der Waals surface area (Å²) >= 11 is 0. The van der Waals surface area contributed by atoms with Crippen molar-refractivity contribution in [3.05, 3.63) is 65.2 Å². The molecule has 1 aromatic carbocycles. The van der Waals surface area contributed by atoms with Crippen molar-refractivity contribution in [2.24, 2.45) is 7.05 Å². The molecule has 9 nitrogen and oxygen atoms in total. The van der Waals surface area contributed by atoms with Crippen LogP contribution in [0.2, 0.25) is 0 Å². The van der Waals surface area contributed by atoms with Gasteiger partial charge in [0.1, 0.15) is 11.0 Å². The van der Waals surface area contributed by atoms with Crippen molar-refractivity contribution in [1.29, 1.82) is 0 Å². The van der Waals surface area contributed by atoms with Gasteiger partial charge in [0.2, 0.25) is 11.8 Å². The molecule has 0 fully saturated rings. The average Bonchev–Trinajstić information content (AvgIpc) is 3.18. The summed E-state index contributed by atoms with van der Waals surface area (Å²) in [7, 11) is 1.81. The molecule has 5 rings (SSSR count). The third-order valence-corrected chi connectivity index (χ3v) is 5.07. The van der Waals surface area contributed by atoms with Crippen LogP contribution in [-0.4, -0.2) is 42.7 Å². The van der Waals surface area contributed by atoms with Crippen molar-refractivity contribution >= 4 is 21.9 Å². The van der Waals surface area contributed by atoms with Gasteiger partial charge in [-0.25, -0.2) is 9.97 Å². The second-order valence-corrected chi connectivity index (χ2v) is 7.35. The molecule has 0 bridgehead atoms. The van der Waals surface area contributed by atoms with Gasteiger partial charge in [-0.1, -0.05) is 0 Å². The zero-order valence-electron chi connectivity index (χ0n) is 18.1. The third-order valence-electron chi connectivity index (χ3n) is 5.07. The molecule has 0 spiro atoms. The number of fused-ring (bicyclic) bond motifs is 2. The Kier molecular flexibility index (Phi) is 5.36. The van der Waals surface area contributed by atoms with Crippen LogP contribution in [0.5, 0.6) is 11.8 Å². The molecule has 0 saturated heterocycles. The molecule has 0 aliphatic carbocycles. The number of benzene rings is 1. The van der Waals surface area contributed by atoms with Gasteiger partial charge in [-0.15, -0.1) is 0 Å². The molecule has 4 heterocycles. The molecule has 0 N–H and O–H groups in total. The maximum Gasteiger partial charge on any atom is 0.388 e. The van der Waals surface area contributed by atoms with Gasteiger partial charge < -0.3 is 9.47 Å². The van der Waals surface area contributed by atoms with Gasteiger partial charge in [-0.2, -0.15) is 23.7 Å². The summed E-state index contributed by atoms with van der Waals surface area (Å²) in [4.78, 5) is 22.1. The standard InChI is InChI=1S/C23H18F2N6O3/c1-3-33-19-9-7-17-21(27-19)20(13-4-8-18(26-11-13)34-23(24)25)22(32)31(29-17)15-5-6-16-14(10-15)12-30(2)28-16/h4-12,23H,3H2,1-2H3. The molecular weight excluding hydrogens is 446 g/mol. The highest BCUT2D eigenvalue weighted by molar-refractivity contribution is 5.91. The third kappa shape index (κ3) is 3.91. The Hall–Kier alpha value is -4.41. The quantitative estimate of drug-likeness (QED) is 0.378. The number of ether oxygens (including phenoxy) is 2. The largest absolute Gasteiger partial charge is 0.478 e. The average molecular weight is 464 g/mol. The first kappa shape index (κ1) is 21.4. The van der Waals surface area contributed by atoms with Gasteiger partial charge in [0, 0.05) is 42.5 Å². The Balaban J connectivity index is 1.74. The van der Waals surface area contributed by atoms with E-state index in [0.717, 1.165) is 10.9 Å².